The van der Waals surface area contributed by atoms with Gasteiger partial charge in [-0.25, -0.2) is 0 Å². The normalized spacial score (nSPS) is 18.7. The summed E-state index contributed by atoms with van der Waals surface area (Å²) < 4.78 is 0. The van der Waals surface area contributed by atoms with Crippen molar-refractivity contribution in [2.45, 2.75) is 63.8 Å². The maximum atomic E-state index is 12.7. The molecule has 0 aliphatic carbocycles. The highest BCUT2D eigenvalue weighted by Gasteiger charge is 2.26. The third-order valence-electron chi connectivity index (χ3n) is 4.67. The first kappa shape index (κ1) is 18.3. The number of benzene rings is 1. The van der Waals surface area contributed by atoms with Gasteiger partial charge in [0.1, 0.15) is 0 Å². The molecule has 23 heavy (non-hydrogen) atoms. The number of amides is 1. The van der Waals surface area contributed by atoms with E-state index < -0.39 is 0 Å². The van der Waals surface area contributed by atoms with E-state index in [0.717, 1.165) is 56.6 Å². The van der Waals surface area contributed by atoms with Crippen LogP contribution in [0.25, 0.3) is 0 Å². The summed E-state index contributed by atoms with van der Waals surface area (Å²) in [5, 5.41) is 0.750. The Balaban J connectivity index is 1.97. The Kier molecular flexibility index (Phi) is 7.90. The van der Waals surface area contributed by atoms with Gasteiger partial charge in [-0.15, -0.1) is 0 Å². The minimum absolute atomic E-state index is 0.214. The van der Waals surface area contributed by atoms with Crippen molar-refractivity contribution in [2.24, 2.45) is 5.73 Å². The molecule has 0 saturated carbocycles. The van der Waals surface area contributed by atoms with Gasteiger partial charge in [0.15, 0.2) is 0 Å². The molecule has 0 bridgehead atoms. The summed E-state index contributed by atoms with van der Waals surface area (Å²) >= 11 is 6.00. The Morgan fingerprint density at radius 2 is 1.83 bits per heavy atom. The Labute approximate surface area is 145 Å². The quantitative estimate of drug-likeness (QED) is 0.734. The van der Waals surface area contributed by atoms with Crippen LogP contribution < -0.4 is 5.73 Å². The zero-order valence-electron chi connectivity index (χ0n) is 14.0. The number of likely N-dealkylation sites (tertiary alicyclic amines) is 1. The fourth-order valence-electron chi connectivity index (χ4n) is 3.36. The van der Waals surface area contributed by atoms with Crippen molar-refractivity contribution in [2.75, 3.05) is 13.1 Å². The lowest BCUT2D eigenvalue weighted by molar-refractivity contribution is -0.133. The molecular weight excluding hydrogens is 308 g/mol. The second kappa shape index (κ2) is 9.94. The number of unbranched alkanes of at least 4 members (excludes halogenated alkanes) is 3. The predicted molar refractivity (Wildman–Crippen MR) is 96.5 cm³/mol. The predicted octanol–water partition coefficient (Wildman–Crippen LogP) is 4.69. The van der Waals surface area contributed by atoms with Gasteiger partial charge in [-0.05, 0) is 49.9 Å². The molecule has 1 heterocycles. The van der Waals surface area contributed by atoms with Gasteiger partial charge in [-0.1, -0.05) is 49.4 Å². The summed E-state index contributed by atoms with van der Waals surface area (Å²) in [4.78, 5) is 14.8. The average molecular weight is 337 g/mol. The third-order valence-corrected chi connectivity index (χ3v) is 4.92. The third kappa shape index (κ3) is 5.82. The van der Waals surface area contributed by atoms with E-state index in [-0.39, 0.29) is 6.04 Å². The van der Waals surface area contributed by atoms with Crippen LogP contribution in [0.15, 0.2) is 24.3 Å². The summed E-state index contributed by atoms with van der Waals surface area (Å²) in [5.41, 5.74) is 6.73. The molecule has 1 atom stereocenters. The zero-order valence-corrected chi connectivity index (χ0v) is 14.7. The molecule has 1 unspecified atom stereocenters. The van der Waals surface area contributed by atoms with E-state index in [9.17, 15) is 4.79 Å². The lowest BCUT2D eigenvalue weighted by atomic mass is 10.00. The van der Waals surface area contributed by atoms with Crippen LogP contribution in [0.4, 0.5) is 0 Å². The van der Waals surface area contributed by atoms with Crippen LogP contribution in [0, 0.1) is 0 Å². The van der Waals surface area contributed by atoms with Crippen LogP contribution in [0.1, 0.15) is 69.4 Å². The standard InChI is InChI=1S/C19H29ClN2O/c20-17-12-10-16(11-13-17)18-8-4-3-7-15-22(18)19(23)9-5-1-2-6-14-21/h10-13,18H,1-9,14-15,21H2. The maximum Gasteiger partial charge on any atom is 0.223 e. The van der Waals surface area contributed by atoms with Crippen LogP contribution >= 0.6 is 11.6 Å². The summed E-state index contributed by atoms with van der Waals surface area (Å²) in [5.74, 6) is 0.305. The molecule has 0 aromatic heterocycles. The summed E-state index contributed by atoms with van der Waals surface area (Å²) in [6.45, 7) is 1.63. The number of carbonyl (C=O) groups is 1. The van der Waals surface area contributed by atoms with E-state index in [4.69, 9.17) is 17.3 Å². The molecule has 0 radical (unpaired) electrons. The highest BCUT2D eigenvalue weighted by molar-refractivity contribution is 6.30. The molecular formula is C19H29ClN2O. The second-order valence-electron chi connectivity index (χ2n) is 6.46. The number of hydrogen-bond donors (Lipinski definition) is 1. The van der Waals surface area contributed by atoms with E-state index in [1.807, 2.05) is 12.1 Å². The van der Waals surface area contributed by atoms with Crippen LogP contribution in [0.5, 0.6) is 0 Å². The molecule has 1 saturated heterocycles. The molecule has 1 amide bonds. The topological polar surface area (TPSA) is 46.3 Å². The fourth-order valence-corrected chi connectivity index (χ4v) is 3.48. The minimum atomic E-state index is 0.214. The van der Waals surface area contributed by atoms with Crippen molar-refractivity contribution in [3.8, 4) is 0 Å². The fraction of sp³-hybridized carbons (Fsp3) is 0.632. The highest BCUT2D eigenvalue weighted by Crippen LogP contribution is 2.31. The van der Waals surface area contributed by atoms with Crippen molar-refractivity contribution >= 4 is 17.5 Å². The van der Waals surface area contributed by atoms with Gasteiger partial charge in [0.2, 0.25) is 5.91 Å². The molecule has 4 heteroatoms. The van der Waals surface area contributed by atoms with Crippen LogP contribution in [-0.4, -0.2) is 23.9 Å². The van der Waals surface area contributed by atoms with Gasteiger partial charge in [0.05, 0.1) is 6.04 Å². The molecule has 1 aromatic rings. The highest BCUT2D eigenvalue weighted by atomic mass is 35.5. The van der Waals surface area contributed by atoms with Gasteiger partial charge in [0, 0.05) is 18.0 Å². The molecule has 1 aliphatic rings. The molecule has 0 spiro atoms. The Hall–Kier alpha value is -1.06. The molecule has 2 rings (SSSR count). The van der Waals surface area contributed by atoms with E-state index in [2.05, 4.69) is 17.0 Å². The summed E-state index contributed by atoms with van der Waals surface area (Å²) in [6.07, 6.45) is 9.50. The van der Waals surface area contributed by atoms with Crippen molar-refractivity contribution in [3.63, 3.8) is 0 Å². The van der Waals surface area contributed by atoms with E-state index in [0.29, 0.717) is 12.3 Å². The first-order valence-electron chi connectivity index (χ1n) is 8.97. The van der Waals surface area contributed by atoms with Crippen LogP contribution in [0.3, 0.4) is 0 Å². The smallest absolute Gasteiger partial charge is 0.223 e. The van der Waals surface area contributed by atoms with Gasteiger partial charge < -0.3 is 10.6 Å². The Morgan fingerprint density at radius 3 is 2.57 bits per heavy atom. The van der Waals surface area contributed by atoms with Gasteiger partial charge in [-0.2, -0.15) is 0 Å². The summed E-state index contributed by atoms with van der Waals surface area (Å²) in [7, 11) is 0. The molecule has 3 nitrogen and oxygen atoms in total. The molecule has 1 aromatic carbocycles. The van der Waals surface area contributed by atoms with E-state index in [1.165, 1.54) is 18.4 Å². The number of nitrogens with zero attached hydrogens (tertiary/aromatic N) is 1. The minimum Gasteiger partial charge on any atom is -0.336 e. The SMILES string of the molecule is NCCCCCCC(=O)N1CCCCCC1c1ccc(Cl)cc1. The Morgan fingerprint density at radius 1 is 1.09 bits per heavy atom. The first-order valence-corrected chi connectivity index (χ1v) is 9.35. The molecule has 1 aliphatic heterocycles. The number of carbonyl (C=O) groups excluding carboxylic acids is 1. The van der Waals surface area contributed by atoms with E-state index >= 15 is 0 Å². The lowest BCUT2D eigenvalue weighted by Crippen LogP contribution is -2.34. The zero-order chi connectivity index (χ0) is 16.5. The van der Waals surface area contributed by atoms with Crippen LogP contribution in [-0.2, 0) is 4.79 Å². The molecule has 1 fully saturated rings. The second-order valence-corrected chi connectivity index (χ2v) is 6.89. The van der Waals surface area contributed by atoms with Gasteiger partial charge in [-0.3, -0.25) is 4.79 Å². The monoisotopic (exact) mass is 336 g/mol. The largest absolute Gasteiger partial charge is 0.336 e. The first-order chi connectivity index (χ1) is 11.2. The number of rotatable bonds is 7. The van der Waals surface area contributed by atoms with Crippen LogP contribution in [0.2, 0.25) is 5.02 Å². The van der Waals surface area contributed by atoms with Crippen molar-refractivity contribution in [1.29, 1.82) is 0 Å². The molecule has 2 N–H and O–H groups in total. The number of halogens is 1. The lowest BCUT2D eigenvalue weighted by Gasteiger charge is -2.30. The van der Waals surface area contributed by atoms with Gasteiger partial charge >= 0.3 is 0 Å². The van der Waals surface area contributed by atoms with Crippen molar-refractivity contribution in [3.05, 3.63) is 34.9 Å². The summed E-state index contributed by atoms with van der Waals surface area (Å²) in [6, 6.07) is 8.21. The number of hydrogen-bond acceptors (Lipinski definition) is 2. The van der Waals surface area contributed by atoms with Gasteiger partial charge in [0.25, 0.3) is 0 Å². The maximum absolute atomic E-state index is 12.7. The van der Waals surface area contributed by atoms with E-state index in [1.54, 1.807) is 0 Å². The Bertz CT molecular complexity index is 475. The molecule has 128 valence electrons. The average Bonchev–Trinajstić information content (AvgIpc) is 2.81. The van der Waals surface area contributed by atoms with Crippen molar-refractivity contribution < 1.29 is 4.79 Å². The number of nitrogens with two attached hydrogens (primary N) is 1. The van der Waals surface area contributed by atoms with Crippen molar-refractivity contribution in [1.82, 2.24) is 4.90 Å².